The summed E-state index contributed by atoms with van der Waals surface area (Å²) in [7, 11) is -9.01. The smallest absolute Gasteiger partial charge is 0.264 e. The Morgan fingerprint density at radius 1 is 0.412 bits per heavy atom. The molecule has 6 aromatic carbocycles. The second-order valence-corrected chi connectivity index (χ2v) is 23.0. The van der Waals surface area contributed by atoms with Gasteiger partial charge in [-0.3, -0.25) is 14.4 Å². The van der Waals surface area contributed by atoms with Gasteiger partial charge in [0.05, 0.1) is 99.4 Å². The number of hydrogen-bond donors (Lipinski definition) is 3. The molecule has 9 aromatic rings. The van der Waals surface area contributed by atoms with Gasteiger partial charge in [-0.25, -0.2) is 53.5 Å². The highest BCUT2D eigenvalue weighted by Crippen LogP contribution is 2.21. The number of benzene rings is 6. The first-order chi connectivity index (χ1) is 38.1. The second-order valence-electron chi connectivity index (χ2n) is 17.5. The highest BCUT2D eigenvalue weighted by molar-refractivity contribution is 7.90. The van der Waals surface area contributed by atoms with E-state index in [9.17, 15) is 39.6 Å². The average Bonchev–Trinajstić information content (AvgIpc) is 4.12. The van der Waals surface area contributed by atoms with E-state index >= 15 is 0 Å². The number of carbonyl (C=O) groups is 3. The molecule has 0 aliphatic heterocycles. The topological polar surface area (TPSA) is 262 Å². The van der Waals surface area contributed by atoms with E-state index in [-0.39, 0.29) is 39.0 Å². The van der Waals surface area contributed by atoms with Crippen molar-refractivity contribution in [1.82, 2.24) is 43.5 Å². The van der Waals surface area contributed by atoms with Gasteiger partial charge in [-0.1, -0.05) is 78.3 Å². The highest BCUT2D eigenvalue weighted by atomic mass is 35.5. The first kappa shape index (κ1) is 58.8. The molecule has 80 heavy (non-hydrogen) atoms. The zero-order chi connectivity index (χ0) is 57.6. The first-order valence-corrected chi connectivity index (χ1v) is 29.0. The zero-order valence-electron chi connectivity index (χ0n) is 43.7. The van der Waals surface area contributed by atoms with Crippen LogP contribution in [-0.2, 0) is 63.7 Å². The number of aryl methyl sites for hydroxylation is 3. The number of aromatic nitrogens is 6. The Morgan fingerprint density at radius 3 is 1.10 bits per heavy atom. The number of methoxy groups -OCH3 is 2. The van der Waals surface area contributed by atoms with Crippen LogP contribution >= 0.6 is 11.6 Å². The van der Waals surface area contributed by atoms with Crippen molar-refractivity contribution in [3.05, 3.63) is 221 Å². The summed E-state index contributed by atoms with van der Waals surface area (Å²) < 4.78 is 95.6. The molecule has 0 aliphatic rings. The highest BCUT2D eigenvalue weighted by Gasteiger charge is 2.23. The minimum atomic E-state index is -3.99. The van der Waals surface area contributed by atoms with Gasteiger partial charge in [0, 0.05) is 11.1 Å². The first-order valence-electron chi connectivity index (χ1n) is 24.2. The molecule has 0 saturated carbocycles. The van der Waals surface area contributed by atoms with Crippen molar-refractivity contribution >= 4 is 59.4 Å². The van der Waals surface area contributed by atoms with E-state index in [1.165, 1.54) is 68.8 Å². The summed E-state index contributed by atoms with van der Waals surface area (Å²) >= 11 is 5.82. The van der Waals surface area contributed by atoms with Gasteiger partial charge in [0.2, 0.25) is 17.7 Å². The van der Waals surface area contributed by atoms with Crippen molar-refractivity contribution in [3.63, 3.8) is 0 Å². The fourth-order valence-corrected chi connectivity index (χ4v) is 11.1. The third kappa shape index (κ3) is 15.9. The maximum atomic E-state index is 12.5. The van der Waals surface area contributed by atoms with Gasteiger partial charge >= 0.3 is 0 Å². The average molecular weight is 1160 g/mol. The Hall–Kier alpha value is -8.90. The molecule has 3 N–H and O–H groups in total. The van der Waals surface area contributed by atoms with E-state index in [1.54, 1.807) is 50.4 Å². The molecular weight excluding hydrogens is 1110 g/mol. The van der Waals surface area contributed by atoms with E-state index in [4.69, 9.17) is 21.1 Å². The molecule has 0 fully saturated rings. The molecule has 0 spiro atoms. The van der Waals surface area contributed by atoms with Crippen LogP contribution in [0.4, 0.5) is 0 Å². The number of hydrogen-bond acceptors (Lipinski definition) is 14. The van der Waals surface area contributed by atoms with E-state index in [0.29, 0.717) is 28.6 Å². The molecule has 0 atom stereocenters. The number of halogens is 1. The number of nitrogens with zero attached hydrogens (tertiary/aromatic N) is 6. The molecule has 0 radical (unpaired) electrons. The molecule has 0 aliphatic carbocycles. The maximum absolute atomic E-state index is 12.5. The number of amides is 3. The van der Waals surface area contributed by atoms with Gasteiger partial charge in [-0.05, 0) is 130 Å². The van der Waals surface area contributed by atoms with Crippen molar-refractivity contribution in [2.24, 2.45) is 0 Å². The number of rotatable bonds is 17. The predicted molar refractivity (Wildman–Crippen MR) is 299 cm³/mol. The molecule has 3 aromatic heterocycles. The lowest BCUT2D eigenvalue weighted by atomic mass is 10.2. The Bertz CT molecular complexity index is 3970. The Labute approximate surface area is 468 Å². The number of ether oxygens (including phenoxy) is 2. The lowest BCUT2D eigenvalue weighted by molar-refractivity contribution is -0.119. The van der Waals surface area contributed by atoms with Crippen LogP contribution in [0.3, 0.4) is 0 Å². The van der Waals surface area contributed by atoms with E-state index in [0.717, 1.165) is 34.1 Å². The number of nitrogens with one attached hydrogen (secondary N) is 3. The summed E-state index contributed by atoms with van der Waals surface area (Å²) in [6, 6.07) is 50.7. The minimum absolute atomic E-state index is 0.00982. The summed E-state index contributed by atoms with van der Waals surface area (Å²) in [4.78, 5) is 36.9. The molecular formula is C56H54ClN9O11S3. The fraction of sp³-hybridized carbons (Fsp3) is 0.143. The van der Waals surface area contributed by atoms with Crippen LogP contribution in [-0.4, -0.2) is 86.5 Å². The molecule has 0 unspecified atom stereocenters. The Kier molecular flexibility index (Phi) is 19.2. The summed E-state index contributed by atoms with van der Waals surface area (Å²) in [6.45, 7) is 5.44. The fourth-order valence-electron chi connectivity index (χ4n) is 7.80. The van der Waals surface area contributed by atoms with Crippen molar-refractivity contribution in [2.45, 2.75) is 54.7 Å². The summed E-state index contributed by atoms with van der Waals surface area (Å²) in [5.41, 5.74) is 6.37. The van der Waals surface area contributed by atoms with Crippen LogP contribution in [0.2, 0.25) is 5.02 Å². The number of sulfonamides is 3. The minimum Gasteiger partial charge on any atom is -0.497 e. The summed E-state index contributed by atoms with van der Waals surface area (Å²) in [5.74, 6) is -1.01. The molecule has 0 bridgehead atoms. The molecule has 24 heteroatoms. The third-order valence-electron chi connectivity index (χ3n) is 11.3. The van der Waals surface area contributed by atoms with Crippen LogP contribution in [0.15, 0.2) is 197 Å². The Morgan fingerprint density at radius 2 is 0.750 bits per heavy atom. The van der Waals surface area contributed by atoms with Gasteiger partial charge in [0.15, 0.2) is 0 Å². The molecule has 3 heterocycles. The lowest BCUT2D eigenvalue weighted by Crippen LogP contribution is -2.32. The predicted octanol–water partition coefficient (Wildman–Crippen LogP) is 7.36. The molecule has 414 valence electrons. The van der Waals surface area contributed by atoms with Crippen molar-refractivity contribution in [3.8, 4) is 28.6 Å². The molecule has 9 rings (SSSR count). The van der Waals surface area contributed by atoms with Gasteiger partial charge < -0.3 is 9.47 Å². The van der Waals surface area contributed by atoms with Crippen LogP contribution in [0.5, 0.6) is 11.5 Å². The molecule has 0 saturated heterocycles. The third-order valence-corrected chi connectivity index (χ3v) is 15.7. The summed E-state index contributed by atoms with van der Waals surface area (Å²) in [6.07, 6.45) is -0.375. The molecule has 20 nitrogen and oxygen atoms in total. The maximum Gasteiger partial charge on any atom is 0.264 e. The van der Waals surface area contributed by atoms with Crippen LogP contribution in [0.1, 0.15) is 34.2 Å². The van der Waals surface area contributed by atoms with Gasteiger partial charge in [0.1, 0.15) is 11.5 Å². The SMILES string of the molecule is COc1ccc(S(=O)(=O)NC(=O)Cc2cc(C)nn2-c2ccccc2)cc1.COc1cccc(S(=O)(=O)NC(=O)Cc2cc(C)nn2-c2ccccc2)c1.Cc1cc(CC(=O)NS(=O)(=O)c2cccc(Cl)c2)n(-c2ccccc2)n1. The van der Waals surface area contributed by atoms with Crippen molar-refractivity contribution in [1.29, 1.82) is 0 Å². The van der Waals surface area contributed by atoms with Gasteiger partial charge in [-0.15, -0.1) is 0 Å². The zero-order valence-corrected chi connectivity index (χ0v) is 46.9. The Balaban J connectivity index is 0.000000173. The van der Waals surface area contributed by atoms with Crippen molar-refractivity contribution in [2.75, 3.05) is 14.2 Å². The quantitative estimate of drug-likeness (QED) is 0.0805. The van der Waals surface area contributed by atoms with E-state index in [1.807, 2.05) is 112 Å². The van der Waals surface area contributed by atoms with Crippen LogP contribution < -0.4 is 23.6 Å². The standard InChI is InChI=1S/2C19H19N3O4S.C18H16ClN3O3S/c1-14-11-16(22(20-14)15-7-4-3-5-8-15)12-19(23)21-27(24,25)18-10-6-9-17(13-18)26-2;1-14-12-16(22(20-14)15-6-4-3-5-7-15)13-19(23)21-27(24,25)18-10-8-17(26-2)9-11-18;1-13-10-16(22(20-13)15-7-3-2-4-8-15)12-18(23)21-26(24,25)17-9-5-6-14(19)11-17/h3-11,13H,12H2,1-2H3,(H,21,23);3-12H,13H2,1-2H3,(H,21,23);2-11H,12H2,1H3,(H,21,23). The van der Waals surface area contributed by atoms with Gasteiger partial charge in [-0.2, -0.15) is 15.3 Å². The van der Waals surface area contributed by atoms with Gasteiger partial charge in [0.25, 0.3) is 30.1 Å². The van der Waals surface area contributed by atoms with E-state index < -0.39 is 47.8 Å². The number of carbonyl (C=O) groups excluding carboxylic acids is 3. The monoisotopic (exact) mass is 1160 g/mol. The lowest BCUT2D eigenvalue weighted by Gasteiger charge is -2.10. The van der Waals surface area contributed by atoms with Crippen LogP contribution in [0.25, 0.3) is 17.1 Å². The largest absolute Gasteiger partial charge is 0.497 e. The summed E-state index contributed by atoms with van der Waals surface area (Å²) in [5, 5.41) is 13.4. The number of para-hydroxylation sites is 3. The normalized spacial score (nSPS) is 11.2. The molecule has 3 amide bonds. The van der Waals surface area contributed by atoms with Crippen LogP contribution in [0, 0.1) is 20.8 Å². The second kappa shape index (κ2) is 26.2. The van der Waals surface area contributed by atoms with E-state index in [2.05, 4.69) is 29.5 Å². The van der Waals surface area contributed by atoms with Crippen molar-refractivity contribution < 1.29 is 49.1 Å².